The number of aromatic amines is 1. The minimum atomic E-state index is -1.81. The molecular formula is C26H31F2N7O3S. The highest BCUT2D eigenvalue weighted by molar-refractivity contribution is 7.82. The fraction of sp³-hybridized carbons (Fsp3) is 0.385. The highest BCUT2D eigenvalue weighted by atomic mass is 32.2. The van der Waals surface area contributed by atoms with Crippen molar-refractivity contribution in [2.24, 2.45) is 0 Å². The zero-order chi connectivity index (χ0) is 27.5. The third kappa shape index (κ3) is 6.11. The Labute approximate surface area is 227 Å². The molecule has 1 amide bonds. The van der Waals surface area contributed by atoms with Crippen LogP contribution in [0.1, 0.15) is 34.5 Å². The lowest BCUT2D eigenvalue weighted by atomic mass is 10.1. The van der Waals surface area contributed by atoms with Crippen molar-refractivity contribution < 1.29 is 23.0 Å². The number of hydrogen-bond acceptors (Lipinski definition) is 7. The second-order valence-electron chi connectivity index (χ2n) is 9.76. The van der Waals surface area contributed by atoms with Crippen LogP contribution in [0.2, 0.25) is 0 Å². The molecule has 13 heteroatoms. The van der Waals surface area contributed by atoms with Crippen LogP contribution in [0.3, 0.4) is 0 Å². The number of benzene rings is 2. The number of anilines is 3. The molecule has 0 aliphatic carbocycles. The van der Waals surface area contributed by atoms with E-state index in [-0.39, 0.29) is 28.5 Å². The van der Waals surface area contributed by atoms with E-state index in [0.717, 1.165) is 55.8 Å². The summed E-state index contributed by atoms with van der Waals surface area (Å²) in [7, 11) is 0.163. The maximum absolute atomic E-state index is 13.7. The van der Waals surface area contributed by atoms with Crippen molar-refractivity contribution >= 4 is 34.1 Å². The summed E-state index contributed by atoms with van der Waals surface area (Å²) in [6.45, 7) is 4.52. The van der Waals surface area contributed by atoms with Gasteiger partial charge in [0.15, 0.2) is 5.82 Å². The number of nitrogens with one attached hydrogen (secondary N) is 3. The molecule has 0 spiro atoms. The van der Waals surface area contributed by atoms with Crippen LogP contribution in [0.5, 0.6) is 0 Å². The molecule has 0 saturated carbocycles. The first-order valence-electron chi connectivity index (χ1n) is 12.8. The molecule has 208 valence electrons. The molecule has 1 atom stereocenters. The van der Waals surface area contributed by atoms with Gasteiger partial charge in [-0.1, -0.05) is 0 Å². The molecule has 1 saturated heterocycles. The molecule has 0 bridgehead atoms. The lowest BCUT2D eigenvalue weighted by molar-refractivity contribution is 0.102. The van der Waals surface area contributed by atoms with E-state index in [9.17, 15) is 23.0 Å². The van der Waals surface area contributed by atoms with Crippen LogP contribution in [0.4, 0.5) is 26.0 Å². The SMILES string of the molecule is CN(CCN1CCCC1)c1ccc(C(=O)Nc2n[nH]c3c2CN(S(=O)c2cc(F)cc(F)c2)CC3)c(NO)c1. The number of nitrogens with zero attached hydrogens (tertiary/aromatic N) is 4. The van der Waals surface area contributed by atoms with Crippen LogP contribution in [-0.2, 0) is 24.0 Å². The highest BCUT2D eigenvalue weighted by Crippen LogP contribution is 2.29. The van der Waals surface area contributed by atoms with E-state index in [1.54, 1.807) is 16.4 Å². The summed E-state index contributed by atoms with van der Waals surface area (Å²) >= 11 is 0. The van der Waals surface area contributed by atoms with E-state index in [2.05, 4.69) is 30.8 Å². The summed E-state index contributed by atoms with van der Waals surface area (Å²) in [5.41, 5.74) is 4.86. The van der Waals surface area contributed by atoms with Crippen molar-refractivity contribution in [1.82, 2.24) is 19.4 Å². The monoisotopic (exact) mass is 559 g/mol. The molecule has 1 fully saturated rings. The summed E-state index contributed by atoms with van der Waals surface area (Å²) in [5, 5.41) is 19.7. The Morgan fingerprint density at radius 2 is 1.90 bits per heavy atom. The number of rotatable bonds is 9. The Bertz CT molecular complexity index is 1360. The molecule has 3 heterocycles. The van der Waals surface area contributed by atoms with Gasteiger partial charge in [0.25, 0.3) is 5.91 Å². The van der Waals surface area contributed by atoms with E-state index in [4.69, 9.17) is 0 Å². The summed E-state index contributed by atoms with van der Waals surface area (Å²) in [6, 6.07) is 7.99. The van der Waals surface area contributed by atoms with Gasteiger partial charge in [0.05, 0.1) is 16.1 Å². The smallest absolute Gasteiger partial charge is 0.259 e. The van der Waals surface area contributed by atoms with Crippen molar-refractivity contribution in [2.75, 3.05) is 55.5 Å². The first-order valence-corrected chi connectivity index (χ1v) is 13.9. The van der Waals surface area contributed by atoms with Crippen LogP contribution >= 0.6 is 0 Å². The molecule has 2 aromatic carbocycles. The number of amides is 1. The second-order valence-corrected chi connectivity index (χ2v) is 11.2. The number of H-pyrrole nitrogens is 1. The van der Waals surface area contributed by atoms with E-state index in [1.807, 2.05) is 13.1 Å². The maximum atomic E-state index is 13.7. The van der Waals surface area contributed by atoms with Crippen molar-refractivity contribution in [3.63, 3.8) is 0 Å². The predicted octanol–water partition coefficient (Wildman–Crippen LogP) is 3.35. The molecule has 5 rings (SSSR count). The molecule has 39 heavy (non-hydrogen) atoms. The van der Waals surface area contributed by atoms with Gasteiger partial charge in [0.2, 0.25) is 0 Å². The zero-order valence-corrected chi connectivity index (χ0v) is 22.4. The Hall–Kier alpha value is -3.39. The van der Waals surface area contributed by atoms with Crippen LogP contribution in [0.25, 0.3) is 0 Å². The Balaban J connectivity index is 1.27. The quantitative estimate of drug-likeness (QED) is 0.297. The van der Waals surface area contributed by atoms with Crippen molar-refractivity contribution in [1.29, 1.82) is 0 Å². The van der Waals surface area contributed by atoms with Crippen LogP contribution in [-0.4, -0.2) is 74.5 Å². The zero-order valence-electron chi connectivity index (χ0n) is 21.5. The number of likely N-dealkylation sites (tertiary alicyclic amines) is 1. The molecule has 3 aromatic rings. The number of hydrogen-bond donors (Lipinski definition) is 4. The maximum Gasteiger partial charge on any atom is 0.259 e. The van der Waals surface area contributed by atoms with Crippen LogP contribution in [0, 0.1) is 11.6 Å². The number of carbonyl (C=O) groups is 1. The van der Waals surface area contributed by atoms with E-state index in [0.29, 0.717) is 18.5 Å². The molecule has 10 nitrogen and oxygen atoms in total. The van der Waals surface area contributed by atoms with E-state index < -0.39 is 28.5 Å². The Kier molecular flexibility index (Phi) is 8.21. The fourth-order valence-electron chi connectivity index (χ4n) is 4.96. The summed E-state index contributed by atoms with van der Waals surface area (Å²) in [6.07, 6.45) is 2.92. The first kappa shape index (κ1) is 27.2. The number of halogens is 2. The second kappa shape index (κ2) is 11.8. The molecular weight excluding hydrogens is 528 g/mol. The summed E-state index contributed by atoms with van der Waals surface area (Å²) in [4.78, 5) is 17.7. The van der Waals surface area contributed by atoms with Gasteiger partial charge in [0.1, 0.15) is 22.6 Å². The molecule has 2 aliphatic heterocycles. The Morgan fingerprint density at radius 3 is 2.62 bits per heavy atom. The fourth-order valence-corrected chi connectivity index (χ4v) is 6.18. The van der Waals surface area contributed by atoms with Gasteiger partial charge in [-0.2, -0.15) is 5.10 Å². The van der Waals surface area contributed by atoms with E-state index >= 15 is 0 Å². The van der Waals surface area contributed by atoms with Gasteiger partial charge in [-0.15, -0.1) is 0 Å². The molecule has 4 N–H and O–H groups in total. The molecule has 0 radical (unpaired) electrons. The van der Waals surface area contributed by atoms with Crippen molar-refractivity contribution in [3.8, 4) is 0 Å². The number of likely N-dealkylation sites (N-methyl/N-ethyl adjacent to an activating group) is 1. The van der Waals surface area contributed by atoms with Crippen molar-refractivity contribution in [2.45, 2.75) is 30.7 Å². The minimum Gasteiger partial charge on any atom is -0.373 e. The summed E-state index contributed by atoms with van der Waals surface area (Å²) in [5.74, 6) is -1.83. The largest absolute Gasteiger partial charge is 0.373 e. The lowest BCUT2D eigenvalue weighted by Gasteiger charge is -2.25. The summed E-state index contributed by atoms with van der Waals surface area (Å²) < 4.78 is 41.9. The highest BCUT2D eigenvalue weighted by Gasteiger charge is 2.28. The minimum absolute atomic E-state index is 0.0224. The van der Waals surface area contributed by atoms with Crippen LogP contribution in [0.15, 0.2) is 41.3 Å². The first-order chi connectivity index (χ1) is 18.8. The van der Waals surface area contributed by atoms with Gasteiger partial charge in [-0.25, -0.2) is 17.3 Å². The number of carbonyl (C=O) groups excluding carboxylic acids is 1. The van der Waals surface area contributed by atoms with Crippen molar-refractivity contribution in [3.05, 3.63) is 64.9 Å². The molecule has 1 unspecified atom stereocenters. The van der Waals surface area contributed by atoms with E-state index in [1.165, 1.54) is 12.8 Å². The van der Waals surface area contributed by atoms with Gasteiger partial charge in [-0.3, -0.25) is 20.6 Å². The third-order valence-electron chi connectivity index (χ3n) is 7.16. The van der Waals surface area contributed by atoms with Gasteiger partial charge >= 0.3 is 0 Å². The normalized spacial score (nSPS) is 16.6. The average molecular weight is 560 g/mol. The third-order valence-corrected chi connectivity index (χ3v) is 8.58. The molecule has 1 aromatic heterocycles. The lowest BCUT2D eigenvalue weighted by Crippen LogP contribution is -2.32. The van der Waals surface area contributed by atoms with Gasteiger partial charge in [0, 0.05) is 62.7 Å². The Morgan fingerprint density at radius 1 is 1.15 bits per heavy atom. The predicted molar refractivity (Wildman–Crippen MR) is 144 cm³/mol. The standard InChI is InChI=1S/C26H31F2N7O3S/c1-33(10-11-34-7-2-3-8-34)19-4-5-21(24(15-19)32-37)26(36)29-25-22-16-35(9-6-23(22)30-31-25)39(38)20-13-17(27)12-18(28)14-20/h4-5,12-15,32,37H,2-3,6-11,16H2,1H3,(H2,29,30,31,36). The van der Waals surface area contributed by atoms with Crippen LogP contribution < -0.4 is 15.7 Å². The number of aromatic nitrogens is 2. The number of fused-ring (bicyclic) bond motifs is 1. The average Bonchev–Trinajstić information content (AvgIpc) is 3.60. The van der Waals surface area contributed by atoms with Gasteiger partial charge < -0.3 is 15.1 Å². The van der Waals surface area contributed by atoms with Gasteiger partial charge in [-0.05, 0) is 56.3 Å². The topological polar surface area (TPSA) is 117 Å². The molecule has 2 aliphatic rings.